The first-order valence-electron chi connectivity index (χ1n) is 10.5. The molecule has 0 spiro atoms. The molecule has 37 heavy (non-hydrogen) atoms. The van der Waals surface area contributed by atoms with Gasteiger partial charge < -0.3 is 30.4 Å². The third kappa shape index (κ3) is 11.6. The van der Waals surface area contributed by atoms with Gasteiger partial charge in [-0.05, 0) is 73.9 Å². The minimum Gasteiger partial charge on any atom is 1.00 e. The van der Waals surface area contributed by atoms with Crippen molar-refractivity contribution in [3.05, 3.63) is 88.5 Å². The number of amidine groups is 2. The summed E-state index contributed by atoms with van der Waals surface area (Å²) < 4.78 is 0. The average Bonchev–Trinajstić information content (AvgIpc) is 2.83. The maximum absolute atomic E-state index is 10.6. The number of nitrogens with one attached hydrogen (secondary N) is 2. The van der Waals surface area contributed by atoms with Crippen LogP contribution in [0.3, 0.4) is 0 Å². The molecular weight excluding hydrogens is 627 g/mol. The van der Waals surface area contributed by atoms with E-state index in [0.717, 1.165) is 28.1 Å². The van der Waals surface area contributed by atoms with Crippen molar-refractivity contribution >= 4 is 69.5 Å². The molecule has 3 aromatic carbocycles. The van der Waals surface area contributed by atoms with Crippen molar-refractivity contribution in [3.8, 4) is 5.75 Å². The molecule has 0 bridgehead atoms. The fraction of sp³-hybridized carbons (Fsp3) is 0.120. The van der Waals surface area contributed by atoms with Gasteiger partial charge in [0.05, 0.1) is 23.8 Å². The Kier molecular flexibility index (Phi) is 15.0. The summed E-state index contributed by atoms with van der Waals surface area (Å²) >= 11 is 14.1. The van der Waals surface area contributed by atoms with Gasteiger partial charge in [0, 0.05) is 21.5 Å². The third-order valence-electron chi connectivity index (χ3n) is 4.51. The number of aliphatic imine (C=N–C) groups is 2. The number of benzene rings is 3. The number of halogens is 1. The zero-order valence-corrected chi connectivity index (χ0v) is 24.2. The number of rotatable bonds is 6. The predicted octanol–water partition coefficient (Wildman–Crippen LogP) is 5.32. The Balaban J connectivity index is 0.00000223. The zero-order chi connectivity index (χ0) is 26.5. The van der Waals surface area contributed by atoms with Crippen LogP contribution in [0.4, 0.5) is 11.4 Å². The van der Waals surface area contributed by atoms with Crippen molar-refractivity contribution < 1.29 is 37.3 Å². The SMILES string of the molecule is Cc1cccc(N=C([S-])N/N=C/c2cc(C)cc(/C=N/NC([S-])=Nc3cccc(C)c3)c2O)c1.[Cl][Cu+].[Cu+]. The second-order valence-electron chi connectivity index (χ2n) is 7.54. The molecule has 3 aromatic rings. The Hall–Kier alpha value is -2.49. The van der Waals surface area contributed by atoms with Crippen LogP contribution in [0.5, 0.6) is 5.75 Å². The van der Waals surface area contributed by atoms with Crippen LogP contribution in [0.1, 0.15) is 27.8 Å². The van der Waals surface area contributed by atoms with E-state index in [1.165, 1.54) is 12.4 Å². The van der Waals surface area contributed by atoms with E-state index in [9.17, 15) is 5.11 Å². The summed E-state index contributed by atoms with van der Waals surface area (Å²) in [6.45, 7) is 5.87. The molecule has 7 nitrogen and oxygen atoms in total. The van der Waals surface area contributed by atoms with Crippen molar-refractivity contribution in [2.24, 2.45) is 20.2 Å². The van der Waals surface area contributed by atoms with Gasteiger partial charge in [0.1, 0.15) is 5.75 Å². The van der Waals surface area contributed by atoms with Gasteiger partial charge in [-0.25, -0.2) is 0 Å². The van der Waals surface area contributed by atoms with Crippen LogP contribution in [0.2, 0.25) is 0 Å². The molecular formula is C25H24ClCu2N6OS2. The molecule has 0 aliphatic heterocycles. The van der Waals surface area contributed by atoms with E-state index < -0.39 is 0 Å². The summed E-state index contributed by atoms with van der Waals surface area (Å²) in [6, 6.07) is 18.9. The first-order chi connectivity index (χ1) is 17.3. The molecule has 0 fully saturated rings. The summed E-state index contributed by atoms with van der Waals surface area (Å²) in [5.74, 6) is 0.0183. The first-order valence-corrected chi connectivity index (χ1v) is 12.6. The monoisotopic (exact) mass is 649 g/mol. The van der Waals surface area contributed by atoms with Crippen LogP contribution >= 0.6 is 10.1 Å². The Bertz CT molecular complexity index is 1210. The molecule has 3 rings (SSSR count). The Morgan fingerprint density at radius 1 is 0.757 bits per heavy atom. The molecule has 0 atom stereocenters. The molecule has 0 aromatic heterocycles. The summed E-state index contributed by atoms with van der Waals surface area (Å²) in [5.41, 5.74) is 11.0. The summed E-state index contributed by atoms with van der Waals surface area (Å²) in [4.78, 5) is 8.59. The molecule has 0 heterocycles. The number of hydrazone groups is 2. The molecule has 201 valence electrons. The third-order valence-corrected chi connectivity index (χ3v) is 4.87. The molecule has 3 N–H and O–H groups in total. The van der Waals surface area contributed by atoms with Crippen LogP contribution in [-0.4, -0.2) is 27.9 Å². The van der Waals surface area contributed by atoms with Crippen molar-refractivity contribution in [2.75, 3.05) is 0 Å². The largest absolute Gasteiger partial charge is 1.00 e. The van der Waals surface area contributed by atoms with Crippen LogP contribution in [0.15, 0.2) is 80.9 Å². The Morgan fingerprint density at radius 2 is 1.16 bits per heavy atom. The summed E-state index contributed by atoms with van der Waals surface area (Å²) in [6.07, 6.45) is 2.95. The molecule has 0 unspecified atom stereocenters. The normalized spacial score (nSPS) is 11.6. The summed E-state index contributed by atoms with van der Waals surface area (Å²) in [7, 11) is 4.20. The van der Waals surface area contributed by atoms with E-state index in [1.807, 2.05) is 69.3 Å². The van der Waals surface area contributed by atoms with E-state index in [-0.39, 0.29) is 33.2 Å². The molecule has 12 heteroatoms. The van der Waals surface area contributed by atoms with Gasteiger partial charge in [0.15, 0.2) is 0 Å². The first kappa shape index (κ1) is 32.5. The van der Waals surface area contributed by atoms with Gasteiger partial charge >= 0.3 is 42.3 Å². The van der Waals surface area contributed by atoms with Gasteiger partial charge in [-0.3, -0.25) is 20.8 Å². The van der Waals surface area contributed by atoms with Crippen molar-refractivity contribution in [3.63, 3.8) is 0 Å². The Morgan fingerprint density at radius 3 is 1.54 bits per heavy atom. The van der Waals surface area contributed by atoms with E-state index in [2.05, 4.69) is 56.2 Å². The molecule has 0 aliphatic carbocycles. The van der Waals surface area contributed by atoms with Gasteiger partial charge in [-0.15, -0.1) is 0 Å². The van der Waals surface area contributed by atoms with Crippen molar-refractivity contribution in [2.45, 2.75) is 20.8 Å². The molecule has 0 radical (unpaired) electrons. The van der Waals surface area contributed by atoms with Crippen LogP contribution in [-0.2, 0) is 57.4 Å². The topological polar surface area (TPSA) is 93.7 Å². The minimum absolute atomic E-state index is 0. The number of phenolic OH excluding ortho intramolecular Hbond substituents is 1. The van der Waals surface area contributed by atoms with E-state index in [4.69, 9.17) is 25.3 Å². The van der Waals surface area contributed by atoms with Crippen molar-refractivity contribution in [1.82, 2.24) is 10.9 Å². The van der Waals surface area contributed by atoms with E-state index in [1.54, 1.807) is 12.1 Å². The fourth-order valence-electron chi connectivity index (χ4n) is 3.03. The summed E-state index contributed by atoms with van der Waals surface area (Å²) in [5, 5.41) is 19.3. The maximum Gasteiger partial charge on any atom is 1.00 e. The van der Waals surface area contributed by atoms with Gasteiger partial charge in [-0.1, -0.05) is 24.3 Å². The van der Waals surface area contributed by atoms with Crippen LogP contribution < -0.4 is 10.9 Å². The molecule has 0 saturated heterocycles. The smallest absolute Gasteiger partial charge is 1.00 e. The van der Waals surface area contributed by atoms with Crippen LogP contribution in [0.25, 0.3) is 0 Å². The van der Waals surface area contributed by atoms with E-state index in [0.29, 0.717) is 11.1 Å². The number of hydrogen-bond acceptors (Lipinski definition) is 7. The average molecular weight is 651 g/mol. The molecule has 0 aliphatic rings. The van der Waals surface area contributed by atoms with Gasteiger partial charge in [0.2, 0.25) is 0 Å². The second kappa shape index (κ2) is 17.1. The van der Waals surface area contributed by atoms with Crippen molar-refractivity contribution in [1.29, 1.82) is 0 Å². The van der Waals surface area contributed by atoms with E-state index >= 15 is 0 Å². The van der Waals surface area contributed by atoms with Gasteiger partial charge in [0.25, 0.3) is 0 Å². The fourth-order valence-corrected chi connectivity index (χ4v) is 3.34. The standard InChI is InChI=1S/C25H26N6OS2.ClH.2Cu/c1-16-6-4-8-21(12-16)28-24(33)30-26-14-19-10-18(3)11-20(23(19)32)15-27-31-25(34)29-22-9-5-7-17(2)13-22;;;/h4-15,32H,1-3H3,(H2,28,30,33)(H2,29,31,34);1H;;/q;;+1;+2/p-3/b26-14+,27-15+;;;. The molecule has 0 amide bonds. The number of aryl methyl sites for hydroxylation is 3. The minimum atomic E-state index is 0. The predicted molar refractivity (Wildman–Crippen MR) is 151 cm³/mol. The number of hydrogen-bond donors (Lipinski definition) is 3. The number of aromatic hydroxyl groups is 1. The van der Waals surface area contributed by atoms with Gasteiger partial charge in [-0.2, -0.15) is 10.2 Å². The number of phenols is 1. The number of nitrogens with zero attached hydrogens (tertiary/aromatic N) is 4. The van der Waals surface area contributed by atoms with Crippen LogP contribution in [0, 0.1) is 20.8 Å². The maximum atomic E-state index is 10.6. The Labute approximate surface area is 251 Å². The molecule has 0 saturated carbocycles. The second-order valence-corrected chi connectivity index (χ2v) is 8.32. The quantitative estimate of drug-likeness (QED) is 0.110. The zero-order valence-electron chi connectivity index (χ0n) is 20.0.